The van der Waals surface area contributed by atoms with Gasteiger partial charge in [0, 0.05) is 34.1 Å². The molecule has 0 saturated carbocycles. The number of hydrogen-bond acceptors (Lipinski definition) is 6. The van der Waals surface area contributed by atoms with Crippen LogP contribution in [0.25, 0.3) is 28.1 Å². The molecule has 0 bridgehead atoms. The molecule has 0 aliphatic rings. The Morgan fingerprint density at radius 3 is 1.31 bits per heavy atom. The predicted molar refractivity (Wildman–Crippen MR) is 204 cm³/mol. The minimum atomic E-state index is -1.26. The normalized spacial score (nSPS) is 11.1. The molecule has 6 aromatic carbocycles. The molecule has 0 amide bonds. The number of benzene rings is 6. The van der Waals surface area contributed by atoms with Gasteiger partial charge in [-0.25, -0.2) is 4.79 Å². The largest absolute Gasteiger partial charge is 0.477 e. The van der Waals surface area contributed by atoms with Crippen molar-refractivity contribution in [2.24, 2.45) is 0 Å². The second-order valence-corrected chi connectivity index (χ2v) is 11.4. The van der Waals surface area contributed by atoms with Gasteiger partial charge in [0.1, 0.15) is 11.6 Å². The molecule has 1 N–H and O–H groups in total. The number of para-hydroxylation sites is 2. The van der Waals surface area contributed by atoms with Crippen LogP contribution in [0, 0.1) is 17.9 Å². The van der Waals surface area contributed by atoms with Gasteiger partial charge < -0.3 is 19.6 Å². The number of carboxylic acids is 1. The minimum absolute atomic E-state index is 0.101. The van der Waals surface area contributed by atoms with Gasteiger partial charge in [0.15, 0.2) is 0 Å². The fourth-order valence-corrected chi connectivity index (χ4v) is 5.69. The van der Waals surface area contributed by atoms with Crippen molar-refractivity contribution in [1.29, 1.82) is 5.26 Å². The molecule has 0 spiro atoms. The molecule has 0 saturated heterocycles. The lowest BCUT2D eigenvalue weighted by molar-refractivity contribution is -0.132. The zero-order chi connectivity index (χ0) is 36.3. The summed E-state index contributed by atoms with van der Waals surface area (Å²) in [5.41, 5.74) is 8.72. The van der Waals surface area contributed by atoms with Crippen molar-refractivity contribution in [3.63, 3.8) is 0 Å². The summed E-state index contributed by atoms with van der Waals surface area (Å²) in [6.07, 6.45) is 2.87. The summed E-state index contributed by atoms with van der Waals surface area (Å²) in [4.78, 5) is 29.5. The van der Waals surface area contributed by atoms with E-state index in [1.165, 1.54) is 12.2 Å². The van der Waals surface area contributed by atoms with Gasteiger partial charge in [0.05, 0.1) is 6.57 Å². The second-order valence-electron chi connectivity index (χ2n) is 11.4. The van der Waals surface area contributed by atoms with Crippen LogP contribution >= 0.6 is 0 Å². The molecule has 250 valence electrons. The van der Waals surface area contributed by atoms with Gasteiger partial charge in [0.2, 0.25) is 0 Å². The lowest BCUT2D eigenvalue weighted by Crippen LogP contribution is -2.10. The van der Waals surface area contributed by atoms with Crippen molar-refractivity contribution in [1.82, 2.24) is 0 Å². The molecule has 6 rings (SSSR count). The predicted octanol–water partition coefficient (Wildman–Crippen LogP) is 10.7. The van der Waals surface area contributed by atoms with Crippen molar-refractivity contribution >= 4 is 58.7 Å². The van der Waals surface area contributed by atoms with E-state index in [0.717, 1.165) is 50.8 Å². The number of carbonyl (C=O) groups excluding carboxylic acids is 1. The number of nitrogens with zero attached hydrogens (tertiary/aromatic N) is 4. The summed E-state index contributed by atoms with van der Waals surface area (Å²) in [6.45, 7) is 7.45. The smallest absolute Gasteiger partial charge is 0.348 e. The molecular weight excluding hydrogens is 649 g/mol. The average Bonchev–Trinajstić information content (AvgIpc) is 3.19. The van der Waals surface area contributed by atoms with Crippen molar-refractivity contribution in [3.05, 3.63) is 192 Å². The SMILES string of the molecule is [C-]#[N+]/C(=C/c1ccc(N(c2ccccc2)c2ccc(-c3ccc(N(c4ccccc4)c4ccc(/C=C(\C#N)C(=O)O)cc4)cc3)cc2)cc1)OC=O. The van der Waals surface area contributed by atoms with Crippen LogP contribution in [0.3, 0.4) is 0 Å². The summed E-state index contributed by atoms with van der Waals surface area (Å²) in [7, 11) is 0. The third-order valence-electron chi connectivity index (χ3n) is 8.15. The number of carbonyl (C=O) groups is 2. The summed E-state index contributed by atoms with van der Waals surface area (Å²) < 4.78 is 4.73. The number of rotatable bonds is 12. The average molecular weight is 679 g/mol. The Bertz CT molecular complexity index is 2310. The highest BCUT2D eigenvalue weighted by atomic mass is 16.5. The number of nitriles is 1. The standard InChI is InChI=1S/C44H30N4O4/c1-46-43(52-31-49)29-33-14-22-40(23-15-33)48(38-10-6-3-7-11-38)42-26-18-35(19-27-42)34-16-24-41(25-17-34)47(37-8-4-2-5-9-37)39-20-12-32(13-21-39)28-36(30-45)44(50)51/h2-29,31H,(H,50,51)/b36-28+,43-29-. The van der Waals surface area contributed by atoms with Gasteiger partial charge in [-0.3, -0.25) is 4.79 Å². The molecule has 52 heavy (non-hydrogen) atoms. The molecule has 8 heteroatoms. The van der Waals surface area contributed by atoms with E-state index in [1.807, 2.05) is 97.1 Å². The van der Waals surface area contributed by atoms with E-state index < -0.39 is 5.97 Å². The fraction of sp³-hybridized carbons (Fsp3) is 0. The van der Waals surface area contributed by atoms with Crippen molar-refractivity contribution in [2.45, 2.75) is 0 Å². The molecule has 0 aliphatic heterocycles. The van der Waals surface area contributed by atoms with Crippen molar-refractivity contribution in [2.75, 3.05) is 9.80 Å². The Hall–Kier alpha value is -7.68. The Morgan fingerprint density at radius 2 is 0.962 bits per heavy atom. The van der Waals surface area contributed by atoms with E-state index in [4.69, 9.17) is 16.6 Å². The summed E-state index contributed by atoms with van der Waals surface area (Å²) in [5, 5.41) is 18.4. The highest BCUT2D eigenvalue weighted by Crippen LogP contribution is 2.38. The molecule has 0 radical (unpaired) electrons. The minimum Gasteiger partial charge on any atom is -0.477 e. The van der Waals surface area contributed by atoms with Crippen LogP contribution in [-0.4, -0.2) is 17.5 Å². The topological polar surface area (TPSA) is 98.2 Å². The Labute approximate surface area is 301 Å². The Kier molecular flexibility index (Phi) is 10.6. The molecular formula is C44H30N4O4. The van der Waals surface area contributed by atoms with Crippen LogP contribution < -0.4 is 9.80 Å². The quantitative estimate of drug-likeness (QED) is 0.0452. The first-order chi connectivity index (χ1) is 25.5. The molecule has 8 nitrogen and oxygen atoms in total. The first-order valence-electron chi connectivity index (χ1n) is 16.1. The van der Waals surface area contributed by atoms with Crippen LogP contribution in [0.4, 0.5) is 34.1 Å². The lowest BCUT2D eigenvalue weighted by atomic mass is 10.0. The summed E-state index contributed by atoms with van der Waals surface area (Å²) in [5.74, 6) is -1.36. The van der Waals surface area contributed by atoms with Gasteiger partial charge in [0.25, 0.3) is 6.47 Å². The van der Waals surface area contributed by atoms with Crippen LogP contribution in [0.15, 0.2) is 169 Å². The number of hydrogen-bond donors (Lipinski definition) is 1. The van der Waals surface area contributed by atoms with Gasteiger partial charge in [-0.05, 0) is 107 Å². The van der Waals surface area contributed by atoms with Crippen LogP contribution in [-0.2, 0) is 14.3 Å². The number of carboxylic acid groups (broad SMARTS) is 1. The fourth-order valence-electron chi connectivity index (χ4n) is 5.69. The maximum Gasteiger partial charge on any atom is 0.348 e. The molecule has 0 heterocycles. The third kappa shape index (κ3) is 7.95. The highest BCUT2D eigenvalue weighted by Gasteiger charge is 2.15. The van der Waals surface area contributed by atoms with Crippen LogP contribution in [0.2, 0.25) is 0 Å². The number of aliphatic carboxylic acids is 1. The molecule has 0 fully saturated rings. The monoisotopic (exact) mass is 678 g/mol. The zero-order valence-corrected chi connectivity index (χ0v) is 27.7. The number of ether oxygens (including phenoxy) is 1. The maximum absolute atomic E-state index is 11.3. The lowest BCUT2D eigenvalue weighted by Gasteiger charge is -2.26. The summed E-state index contributed by atoms with van der Waals surface area (Å²) >= 11 is 0. The van der Waals surface area contributed by atoms with Gasteiger partial charge >= 0.3 is 11.9 Å². The van der Waals surface area contributed by atoms with E-state index in [9.17, 15) is 14.7 Å². The van der Waals surface area contributed by atoms with Crippen molar-refractivity contribution in [3.8, 4) is 17.2 Å². The molecule has 0 atom stereocenters. The van der Waals surface area contributed by atoms with E-state index in [-0.39, 0.29) is 17.9 Å². The first kappa shape index (κ1) is 34.2. The zero-order valence-electron chi connectivity index (χ0n) is 27.7. The number of anilines is 6. The van der Waals surface area contributed by atoms with E-state index in [0.29, 0.717) is 5.56 Å². The maximum atomic E-state index is 11.3. The van der Waals surface area contributed by atoms with Gasteiger partial charge in [-0.2, -0.15) is 10.1 Å². The van der Waals surface area contributed by atoms with Gasteiger partial charge in [-0.15, -0.1) is 0 Å². The molecule has 0 aliphatic carbocycles. The van der Waals surface area contributed by atoms with E-state index >= 15 is 0 Å². The van der Waals surface area contributed by atoms with E-state index in [1.54, 1.807) is 18.2 Å². The third-order valence-corrected chi connectivity index (χ3v) is 8.15. The Balaban J connectivity index is 1.28. The Morgan fingerprint density at radius 1 is 0.596 bits per heavy atom. The van der Waals surface area contributed by atoms with Gasteiger partial charge in [-0.1, -0.05) is 84.9 Å². The molecule has 0 aromatic heterocycles. The van der Waals surface area contributed by atoms with Crippen LogP contribution in [0.1, 0.15) is 11.1 Å². The second kappa shape index (κ2) is 16.1. The van der Waals surface area contributed by atoms with E-state index in [2.05, 4.69) is 63.2 Å². The summed E-state index contributed by atoms with van der Waals surface area (Å²) in [6, 6.07) is 53.4. The first-order valence-corrected chi connectivity index (χ1v) is 16.1. The highest BCUT2D eigenvalue weighted by molar-refractivity contribution is 5.96. The molecule has 6 aromatic rings. The van der Waals surface area contributed by atoms with Crippen molar-refractivity contribution < 1.29 is 19.4 Å². The molecule has 0 unspecified atom stereocenters. The van der Waals surface area contributed by atoms with Crippen LogP contribution in [0.5, 0.6) is 0 Å².